The summed E-state index contributed by atoms with van der Waals surface area (Å²) in [6.07, 6.45) is 5.59. The van der Waals surface area contributed by atoms with E-state index < -0.39 is 10.0 Å². The molecule has 0 atom stereocenters. The van der Waals surface area contributed by atoms with Crippen molar-refractivity contribution in [2.45, 2.75) is 43.0 Å². The molecule has 128 valence electrons. The SMILES string of the molecule is CC1(NC(=O)c2cc(S(=O)(=O)N3CCSCC3)c[nH]2)CCCC1. The fourth-order valence-electron chi connectivity index (χ4n) is 3.21. The highest BCUT2D eigenvalue weighted by molar-refractivity contribution is 7.99. The van der Waals surface area contributed by atoms with Crippen LogP contribution in [-0.2, 0) is 10.0 Å². The molecule has 1 saturated carbocycles. The molecule has 0 spiro atoms. The first kappa shape index (κ1) is 16.9. The molecular weight excluding hydrogens is 334 g/mol. The average molecular weight is 358 g/mol. The molecule has 1 aromatic rings. The minimum absolute atomic E-state index is 0.172. The number of nitrogens with one attached hydrogen (secondary N) is 2. The standard InChI is InChI=1S/C15H23N3O3S2/c1-15(4-2-3-5-15)17-14(19)13-10-12(11-16-13)23(20,21)18-6-8-22-9-7-18/h10-11,16H,2-9H2,1H3,(H,17,19). The Hall–Kier alpha value is -0.990. The lowest BCUT2D eigenvalue weighted by atomic mass is 10.0. The van der Waals surface area contributed by atoms with Gasteiger partial charge in [0.25, 0.3) is 5.91 Å². The fraction of sp³-hybridized carbons (Fsp3) is 0.667. The molecule has 0 radical (unpaired) electrons. The molecule has 1 aliphatic heterocycles. The molecule has 2 N–H and O–H groups in total. The number of aromatic nitrogens is 1. The van der Waals surface area contributed by atoms with Gasteiger partial charge in [0.15, 0.2) is 0 Å². The molecule has 6 nitrogen and oxygen atoms in total. The van der Waals surface area contributed by atoms with Crippen LogP contribution in [0.15, 0.2) is 17.2 Å². The number of hydrogen-bond donors (Lipinski definition) is 2. The number of carbonyl (C=O) groups excluding carboxylic acids is 1. The molecule has 3 rings (SSSR count). The number of thioether (sulfide) groups is 1. The summed E-state index contributed by atoms with van der Waals surface area (Å²) in [5, 5.41) is 3.03. The lowest BCUT2D eigenvalue weighted by Crippen LogP contribution is -2.43. The van der Waals surface area contributed by atoms with Gasteiger partial charge in [-0.3, -0.25) is 4.79 Å². The average Bonchev–Trinajstić information content (AvgIpc) is 3.18. The van der Waals surface area contributed by atoms with E-state index in [4.69, 9.17) is 0 Å². The second kappa shape index (κ2) is 6.49. The van der Waals surface area contributed by atoms with Crippen molar-refractivity contribution in [2.24, 2.45) is 0 Å². The van der Waals surface area contributed by atoms with E-state index in [1.165, 1.54) is 16.6 Å². The summed E-state index contributed by atoms with van der Waals surface area (Å²) in [7, 11) is -3.51. The van der Waals surface area contributed by atoms with Gasteiger partial charge in [-0.15, -0.1) is 0 Å². The summed E-state index contributed by atoms with van der Waals surface area (Å²) in [5.74, 6) is 1.40. The molecule has 1 saturated heterocycles. The highest BCUT2D eigenvalue weighted by atomic mass is 32.2. The maximum Gasteiger partial charge on any atom is 0.268 e. The fourth-order valence-corrected chi connectivity index (χ4v) is 5.78. The minimum Gasteiger partial charge on any atom is -0.356 e. The van der Waals surface area contributed by atoms with Crippen LogP contribution < -0.4 is 5.32 Å². The third kappa shape index (κ3) is 3.59. The Morgan fingerprint density at radius 1 is 1.30 bits per heavy atom. The van der Waals surface area contributed by atoms with Crippen LogP contribution in [0, 0.1) is 0 Å². The summed E-state index contributed by atoms with van der Waals surface area (Å²) in [6.45, 7) is 3.10. The summed E-state index contributed by atoms with van der Waals surface area (Å²) >= 11 is 1.76. The molecule has 2 heterocycles. The number of H-pyrrole nitrogens is 1. The van der Waals surface area contributed by atoms with Crippen LogP contribution in [0.25, 0.3) is 0 Å². The zero-order valence-corrected chi connectivity index (χ0v) is 14.9. The Morgan fingerprint density at radius 2 is 1.96 bits per heavy atom. The number of hydrogen-bond acceptors (Lipinski definition) is 4. The van der Waals surface area contributed by atoms with E-state index in [0.29, 0.717) is 18.8 Å². The van der Waals surface area contributed by atoms with Crippen LogP contribution in [0.5, 0.6) is 0 Å². The van der Waals surface area contributed by atoms with E-state index in [1.807, 2.05) is 6.92 Å². The normalized spacial score (nSPS) is 22.1. The van der Waals surface area contributed by atoms with Crippen molar-refractivity contribution < 1.29 is 13.2 Å². The molecule has 8 heteroatoms. The van der Waals surface area contributed by atoms with Crippen molar-refractivity contribution in [2.75, 3.05) is 24.6 Å². The molecule has 1 amide bonds. The van der Waals surface area contributed by atoms with Gasteiger partial charge in [-0.1, -0.05) is 12.8 Å². The van der Waals surface area contributed by atoms with E-state index in [2.05, 4.69) is 10.3 Å². The molecular formula is C15H23N3O3S2. The van der Waals surface area contributed by atoms with E-state index in [1.54, 1.807) is 11.8 Å². The molecule has 0 bridgehead atoms. The highest BCUT2D eigenvalue weighted by Crippen LogP contribution is 2.29. The quantitative estimate of drug-likeness (QED) is 0.861. The van der Waals surface area contributed by atoms with Crippen LogP contribution in [0.2, 0.25) is 0 Å². The predicted octanol–water partition coefficient (Wildman–Crippen LogP) is 1.81. The number of aromatic amines is 1. The van der Waals surface area contributed by atoms with Crippen molar-refractivity contribution in [3.63, 3.8) is 0 Å². The molecule has 0 unspecified atom stereocenters. The zero-order valence-electron chi connectivity index (χ0n) is 13.3. The second-order valence-electron chi connectivity index (χ2n) is 6.49. The first-order valence-electron chi connectivity index (χ1n) is 8.00. The lowest BCUT2D eigenvalue weighted by molar-refractivity contribution is 0.0903. The van der Waals surface area contributed by atoms with E-state index in [9.17, 15) is 13.2 Å². The van der Waals surface area contributed by atoms with Gasteiger partial charge in [0.1, 0.15) is 10.6 Å². The molecule has 23 heavy (non-hydrogen) atoms. The second-order valence-corrected chi connectivity index (χ2v) is 9.65. The van der Waals surface area contributed by atoms with Gasteiger partial charge in [-0.2, -0.15) is 16.1 Å². The van der Waals surface area contributed by atoms with Crippen LogP contribution in [0.1, 0.15) is 43.1 Å². The maximum absolute atomic E-state index is 12.6. The van der Waals surface area contributed by atoms with Crippen molar-refractivity contribution in [1.29, 1.82) is 0 Å². The number of amides is 1. The third-order valence-electron chi connectivity index (χ3n) is 4.63. The molecule has 2 fully saturated rings. The van der Waals surface area contributed by atoms with Gasteiger partial charge in [0, 0.05) is 36.3 Å². The number of sulfonamides is 1. The first-order valence-corrected chi connectivity index (χ1v) is 10.6. The first-order chi connectivity index (χ1) is 10.9. The van der Waals surface area contributed by atoms with Crippen LogP contribution in [0.3, 0.4) is 0 Å². The lowest BCUT2D eigenvalue weighted by Gasteiger charge is -2.25. The molecule has 0 aromatic carbocycles. The van der Waals surface area contributed by atoms with Crippen LogP contribution in [0.4, 0.5) is 0 Å². The Balaban J connectivity index is 1.73. The number of rotatable bonds is 4. The molecule has 2 aliphatic rings. The Morgan fingerprint density at radius 3 is 2.61 bits per heavy atom. The summed E-state index contributed by atoms with van der Waals surface area (Å²) in [6, 6.07) is 1.45. The summed E-state index contributed by atoms with van der Waals surface area (Å²) in [4.78, 5) is 15.4. The number of nitrogens with zero attached hydrogens (tertiary/aromatic N) is 1. The summed E-state index contributed by atoms with van der Waals surface area (Å²) in [5.41, 5.74) is 0.133. The zero-order chi connectivity index (χ0) is 16.5. The van der Waals surface area contributed by atoms with Crippen molar-refractivity contribution in [3.05, 3.63) is 18.0 Å². The van der Waals surface area contributed by atoms with Crippen molar-refractivity contribution in [3.8, 4) is 0 Å². The smallest absolute Gasteiger partial charge is 0.268 e. The highest BCUT2D eigenvalue weighted by Gasteiger charge is 2.32. The van der Waals surface area contributed by atoms with E-state index in [-0.39, 0.29) is 16.3 Å². The topological polar surface area (TPSA) is 82.3 Å². The van der Waals surface area contributed by atoms with Crippen molar-refractivity contribution in [1.82, 2.24) is 14.6 Å². The maximum atomic E-state index is 12.6. The van der Waals surface area contributed by atoms with Gasteiger partial charge in [0.05, 0.1) is 0 Å². The Bertz CT molecular complexity index is 672. The Labute approximate surface area is 141 Å². The van der Waals surface area contributed by atoms with E-state index >= 15 is 0 Å². The molecule has 1 aliphatic carbocycles. The molecule has 1 aromatic heterocycles. The minimum atomic E-state index is -3.51. The van der Waals surface area contributed by atoms with Gasteiger partial charge in [0.2, 0.25) is 10.0 Å². The van der Waals surface area contributed by atoms with Gasteiger partial charge in [-0.25, -0.2) is 8.42 Å². The van der Waals surface area contributed by atoms with Crippen LogP contribution >= 0.6 is 11.8 Å². The monoisotopic (exact) mass is 357 g/mol. The predicted molar refractivity (Wildman–Crippen MR) is 91.2 cm³/mol. The summed E-state index contributed by atoms with van der Waals surface area (Å²) < 4.78 is 26.7. The van der Waals surface area contributed by atoms with E-state index in [0.717, 1.165) is 37.2 Å². The van der Waals surface area contributed by atoms with Crippen molar-refractivity contribution >= 4 is 27.7 Å². The van der Waals surface area contributed by atoms with Gasteiger partial charge in [-0.05, 0) is 25.8 Å². The largest absolute Gasteiger partial charge is 0.356 e. The van der Waals surface area contributed by atoms with Crippen LogP contribution in [-0.4, -0.2) is 53.7 Å². The number of carbonyl (C=O) groups is 1. The van der Waals surface area contributed by atoms with Gasteiger partial charge < -0.3 is 10.3 Å². The van der Waals surface area contributed by atoms with Gasteiger partial charge >= 0.3 is 0 Å². The Kier molecular flexibility index (Phi) is 4.75. The third-order valence-corrected chi connectivity index (χ3v) is 7.45.